The molecule has 4 heterocycles. The largest absolute Gasteiger partial charge is 0.378 e. The molecule has 0 aliphatic carbocycles. The topological polar surface area (TPSA) is 77.7 Å². The van der Waals surface area contributed by atoms with E-state index in [0.717, 1.165) is 35.3 Å². The average Bonchev–Trinajstić information content (AvgIpc) is 3.23. The number of anilines is 1. The van der Waals surface area contributed by atoms with Gasteiger partial charge >= 0.3 is 0 Å². The van der Waals surface area contributed by atoms with E-state index in [-0.39, 0.29) is 6.10 Å². The first-order valence-corrected chi connectivity index (χ1v) is 8.59. The lowest BCUT2D eigenvalue weighted by molar-refractivity contribution is 0.0391. The van der Waals surface area contributed by atoms with Gasteiger partial charge in [0, 0.05) is 30.8 Å². The molecule has 3 aromatic heterocycles. The van der Waals surface area contributed by atoms with Gasteiger partial charge in [-0.1, -0.05) is 0 Å². The van der Waals surface area contributed by atoms with Crippen molar-refractivity contribution in [3.8, 4) is 0 Å². The summed E-state index contributed by atoms with van der Waals surface area (Å²) in [4.78, 5) is 15.5. The molecule has 3 aromatic rings. The molecule has 0 bridgehead atoms. The molecule has 0 aromatic carbocycles. The van der Waals surface area contributed by atoms with E-state index in [1.165, 1.54) is 6.33 Å². The second kappa shape index (κ2) is 6.42. The fourth-order valence-electron chi connectivity index (χ4n) is 2.82. The summed E-state index contributed by atoms with van der Waals surface area (Å²) in [6.45, 7) is 4.58. The Morgan fingerprint density at radius 2 is 2.33 bits per heavy atom. The van der Waals surface area contributed by atoms with Gasteiger partial charge in [0.2, 0.25) is 0 Å². The molecule has 0 radical (unpaired) electrons. The standard InChI is InChI=1S/C15H18N6O2S/c1-10-8-24-14(18-10)12-6-20(3-4-23-12)13-5-11(7-22-2)19-15-16-9-17-21(13)15/h5,8-9,12H,3-4,6-7H2,1-2H3/t12-/m1/s1. The summed E-state index contributed by atoms with van der Waals surface area (Å²) in [6.07, 6.45) is 1.49. The lowest BCUT2D eigenvalue weighted by Gasteiger charge is -2.33. The molecule has 1 aliphatic heterocycles. The van der Waals surface area contributed by atoms with Gasteiger partial charge in [0.1, 0.15) is 23.3 Å². The molecule has 24 heavy (non-hydrogen) atoms. The summed E-state index contributed by atoms with van der Waals surface area (Å²) in [5.74, 6) is 1.53. The predicted molar refractivity (Wildman–Crippen MR) is 89.3 cm³/mol. The van der Waals surface area contributed by atoms with Crippen molar-refractivity contribution in [3.63, 3.8) is 0 Å². The normalized spacial score (nSPS) is 18.4. The van der Waals surface area contributed by atoms with Crippen LogP contribution in [0.25, 0.3) is 5.78 Å². The molecule has 1 fully saturated rings. The third-order valence-electron chi connectivity index (χ3n) is 3.88. The summed E-state index contributed by atoms with van der Waals surface area (Å²) < 4.78 is 12.9. The molecule has 8 nitrogen and oxygen atoms in total. The molecule has 0 spiro atoms. The zero-order valence-electron chi connectivity index (χ0n) is 13.5. The lowest BCUT2D eigenvalue weighted by Crippen LogP contribution is -2.39. The smallest absolute Gasteiger partial charge is 0.254 e. The van der Waals surface area contributed by atoms with Gasteiger partial charge in [-0.2, -0.15) is 14.6 Å². The Labute approximate surface area is 143 Å². The molecule has 126 valence electrons. The fraction of sp³-hybridized carbons (Fsp3) is 0.467. The van der Waals surface area contributed by atoms with Gasteiger partial charge in [-0.15, -0.1) is 11.3 Å². The van der Waals surface area contributed by atoms with Crippen LogP contribution in [0, 0.1) is 6.92 Å². The average molecular weight is 346 g/mol. The zero-order chi connectivity index (χ0) is 16.5. The minimum Gasteiger partial charge on any atom is -0.378 e. The Morgan fingerprint density at radius 1 is 1.42 bits per heavy atom. The molecule has 1 saturated heterocycles. The van der Waals surface area contributed by atoms with Crippen LogP contribution in [0.3, 0.4) is 0 Å². The van der Waals surface area contributed by atoms with Gasteiger partial charge in [0.15, 0.2) is 0 Å². The van der Waals surface area contributed by atoms with E-state index >= 15 is 0 Å². The van der Waals surface area contributed by atoms with E-state index in [1.54, 1.807) is 23.0 Å². The number of nitrogens with zero attached hydrogens (tertiary/aromatic N) is 6. The van der Waals surface area contributed by atoms with Crippen LogP contribution >= 0.6 is 11.3 Å². The van der Waals surface area contributed by atoms with Crippen molar-refractivity contribution < 1.29 is 9.47 Å². The SMILES string of the molecule is COCc1cc(N2CCO[C@@H](c3nc(C)cs3)C2)n2ncnc2n1. The van der Waals surface area contributed by atoms with Crippen LogP contribution in [0.1, 0.15) is 22.5 Å². The molecular weight excluding hydrogens is 328 g/mol. The molecule has 9 heteroatoms. The third-order valence-corrected chi connectivity index (χ3v) is 4.94. The number of aryl methyl sites for hydroxylation is 1. The van der Waals surface area contributed by atoms with E-state index in [9.17, 15) is 0 Å². The Kier molecular flexibility index (Phi) is 4.13. The second-order valence-electron chi connectivity index (χ2n) is 5.64. The minimum absolute atomic E-state index is 0.0324. The van der Waals surface area contributed by atoms with Gasteiger partial charge in [-0.3, -0.25) is 0 Å². The van der Waals surface area contributed by atoms with Gasteiger partial charge in [0.05, 0.1) is 25.5 Å². The number of rotatable bonds is 4. The number of hydrogen-bond acceptors (Lipinski definition) is 8. The van der Waals surface area contributed by atoms with Crippen LogP contribution in [0.15, 0.2) is 17.8 Å². The van der Waals surface area contributed by atoms with E-state index < -0.39 is 0 Å². The first-order chi connectivity index (χ1) is 11.7. The predicted octanol–water partition coefficient (Wildman–Crippen LogP) is 1.61. The van der Waals surface area contributed by atoms with Crippen LogP contribution in [0.4, 0.5) is 5.82 Å². The van der Waals surface area contributed by atoms with Gasteiger partial charge in [-0.25, -0.2) is 9.97 Å². The molecule has 1 atom stereocenters. The first-order valence-electron chi connectivity index (χ1n) is 7.72. The zero-order valence-corrected chi connectivity index (χ0v) is 14.4. The molecular formula is C15H18N6O2S. The summed E-state index contributed by atoms with van der Waals surface area (Å²) in [5, 5.41) is 7.37. The second-order valence-corrected chi connectivity index (χ2v) is 6.53. The maximum Gasteiger partial charge on any atom is 0.254 e. The summed E-state index contributed by atoms with van der Waals surface area (Å²) in [5.41, 5.74) is 1.86. The van der Waals surface area contributed by atoms with Crippen molar-refractivity contribution >= 4 is 22.9 Å². The van der Waals surface area contributed by atoms with Crippen molar-refractivity contribution in [3.05, 3.63) is 34.2 Å². The quantitative estimate of drug-likeness (QED) is 0.710. The first kappa shape index (κ1) is 15.4. The number of fused-ring (bicyclic) bond motifs is 1. The Hall–Kier alpha value is -2.10. The molecule has 0 amide bonds. The van der Waals surface area contributed by atoms with Gasteiger partial charge < -0.3 is 14.4 Å². The molecule has 1 aliphatic rings. The number of aromatic nitrogens is 5. The summed E-state index contributed by atoms with van der Waals surface area (Å²) in [7, 11) is 1.66. The highest BCUT2D eigenvalue weighted by atomic mass is 32.1. The van der Waals surface area contributed by atoms with Crippen molar-refractivity contribution in [2.24, 2.45) is 0 Å². The minimum atomic E-state index is -0.0324. The van der Waals surface area contributed by atoms with Crippen LogP contribution < -0.4 is 4.90 Å². The maximum atomic E-state index is 5.92. The summed E-state index contributed by atoms with van der Waals surface area (Å²) >= 11 is 1.64. The van der Waals surface area contributed by atoms with Crippen molar-refractivity contribution in [2.45, 2.75) is 19.6 Å². The Morgan fingerprint density at radius 3 is 3.12 bits per heavy atom. The van der Waals surface area contributed by atoms with Crippen LogP contribution in [0.2, 0.25) is 0 Å². The van der Waals surface area contributed by atoms with Crippen molar-refractivity contribution in [1.29, 1.82) is 0 Å². The monoisotopic (exact) mass is 346 g/mol. The summed E-state index contributed by atoms with van der Waals surface area (Å²) in [6, 6.07) is 2.00. The van der Waals surface area contributed by atoms with Crippen molar-refractivity contribution in [2.75, 3.05) is 31.7 Å². The highest BCUT2D eigenvalue weighted by molar-refractivity contribution is 7.09. The van der Waals surface area contributed by atoms with Crippen LogP contribution in [0.5, 0.6) is 0 Å². The Balaban J connectivity index is 1.67. The highest BCUT2D eigenvalue weighted by Crippen LogP contribution is 2.28. The van der Waals surface area contributed by atoms with E-state index in [4.69, 9.17) is 9.47 Å². The molecule has 0 saturated carbocycles. The third kappa shape index (κ3) is 2.85. The number of ether oxygens (including phenoxy) is 2. The highest BCUT2D eigenvalue weighted by Gasteiger charge is 2.26. The van der Waals surface area contributed by atoms with Crippen LogP contribution in [-0.4, -0.2) is 51.4 Å². The fourth-order valence-corrected chi connectivity index (χ4v) is 3.65. The molecule has 0 unspecified atom stereocenters. The van der Waals surface area contributed by atoms with Gasteiger partial charge in [0.25, 0.3) is 5.78 Å². The molecule has 0 N–H and O–H groups in total. The Bertz CT molecular complexity index is 847. The van der Waals surface area contributed by atoms with Gasteiger partial charge in [-0.05, 0) is 6.92 Å². The van der Waals surface area contributed by atoms with Crippen LogP contribution in [-0.2, 0) is 16.1 Å². The van der Waals surface area contributed by atoms with Crippen molar-refractivity contribution in [1.82, 2.24) is 24.6 Å². The number of thiazole rings is 1. The van der Waals surface area contributed by atoms with E-state index in [1.807, 2.05) is 13.0 Å². The number of hydrogen-bond donors (Lipinski definition) is 0. The van der Waals surface area contributed by atoms with E-state index in [2.05, 4.69) is 30.3 Å². The number of methoxy groups -OCH3 is 1. The number of morpholine rings is 1. The maximum absolute atomic E-state index is 5.92. The van der Waals surface area contributed by atoms with E-state index in [0.29, 0.717) is 19.0 Å². The lowest BCUT2D eigenvalue weighted by atomic mass is 10.2. The molecule has 4 rings (SSSR count).